The Morgan fingerprint density at radius 3 is 2.59 bits per heavy atom. The van der Waals surface area contributed by atoms with Crippen molar-refractivity contribution in [3.05, 3.63) is 29.6 Å². The lowest BCUT2D eigenvalue weighted by Gasteiger charge is -2.25. The molecule has 1 aromatic carbocycles. The van der Waals surface area contributed by atoms with Crippen molar-refractivity contribution >= 4 is 5.97 Å². The first-order valence-electron chi connectivity index (χ1n) is 5.21. The highest BCUT2D eigenvalue weighted by atomic mass is 19.1. The van der Waals surface area contributed by atoms with Gasteiger partial charge in [-0.2, -0.15) is 0 Å². The monoisotopic (exact) mass is 242 g/mol. The first-order valence-corrected chi connectivity index (χ1v) is 5.21. The minimum Gasteiger partial charge on any atom is -0.494 e. The van der Waals surface area contributed by atoms with Crippen LogP contribution < -0.4 is 4.74 Å². The van der Waals surface area contributed by atoms with Crippen molar-refractivity contribution in [2.45, 2.75) is 25.4 Å². The number of hydrogen-bond donors (Lipinski definition) is 2. The maximum Gasteiger partial charge on any atom is 0.306 e. The lowest BCUT2D eigenvalue weighted by atomic mass is 9.88. The number of benzene rings is 1. The maximum atomic E-state index is 13.5. The summed E-state index contributed by atoms with van der Waals surface area (Å²) in [6, 6.07) is 3.94. The van der Waals surface area contributed by atoms with Gasteiger partial charge in [0.1, 0.15) is 0 Å². The Kier molecular flexibility index (Phi) is 4.07. The Balaban J connectivity index is 3.12. The summed E-state index contributed by atoms with van der Waals surface area (Å²) in [4.78, 5) is 10.7. The van der Waals surface area contributed by atoms with E-state index in [2.05, 4.69) is 0 Å². The summed E-state index contributed by atoms with van der Waals surface area (Å²) in [5.41, 5.74) is -1.32. The Labute approximate surface area is 98.7 Å². The zero-order valence-corrected chi connectivity index (χ0v) is 9.74. The van der Waals surface area contributed by atoms with Crippen molar-refractivity contribution in [2.24, 2.45) is 0 Å². The van der Waals surface area contributed by atoms with Crippen LogP contribution in [0, 0.1) is 5.82 Å². The molecule has 0 radical (unpaired) electrons. The van der Waals surface area contributed by atoms with Gasteiger partial charge in [0, 0.05) is 0 Å². The van der Waals surface area contributed by atoms with Gasteiger partial charge < -0.3 is 14.9 Å². The van der Waals surface area contributed by atoms with Crippen molar-refractivity contribution in [2.75, 3.05) is 7.11 Å². The van der Waals surface area contributed by atoms with Gasteiger partial charge in [0.2, 0.25) is 0 Å². The summed E-state index contributed by atoms with van der Waals surface area (Å²) in [6.45, 7) is 1.64. The van der Waals surface area contributed by atoms with Crippen molar-refractivity contribution in [3.63, 3.8) is 0 Å². The third-order valence-corrected chi connectivity index (χ3v) is 2.72. The largest absolute Gasteiger partial charge is 0.494 e. The van der Waals surface area contributed by atoms with E-state index in [0.717, 1.165) is 6.07 Å². The number of carboxylic acids is 1. The second-order valence-electron chi connectivity index (χ2n) is 3.80. The van der Waals surface area contributed by atoms with Crippen LogP contribution in [0.4, 0.5) is 4.39 Å². The SMILES string of the molecule is CCC(O)(CC(=O)O)c1ccc(OC)c(F)c1. The third kappa shape index (κ3) is 2.94. The Morgan fingerprint density at radius 2 is 2.18 bits per heavy atom. The summed E-state index contributed by atoms with van der Waals surface area (Å²) in [5.74, 6) is -1.70. The number of ether oxygens (including phenoxy) is 1. The summed E-state index contributed by atoms with van der Waals surface area (Å²) >= 11 is 0. The maximum absolute atomic E-state index is 13.5. The minimum absolute atomic E-state index is 0.0579. The van der Waals surface area contributed by atoms with Crippen LogP contribution in [-0.2, 0) is 10.4 Å². The zero-order chi connectivity index (χ0) is 13.1. The predicted molar refractivity (Wildman–Crippen MR) is 59.4 cm³/mol. The van der Waals surface area contributed by atoms with E-state index < -0.39 is 23.8 Å². The molecule has 94 valence electrons. The highest BCUT2D eigenvalue weighted by molar-refractivity contribution is 5.68. The van der Waals surface area contributed by atoms with E-state index in [-0.39, 0.29) is 17.7 Å². The summed E-state index contributed by atoms with van der Waals surface area (Å²) in [5, 5.41) is 18.9. The highest BCUT2D eigenvalue weighted by Gasteiger charge is 2.31. The fourth-order valence-electron chi connectivity index (χ4n) is 1.64. The average molecular weight is 242 g/mol. The van der Waals surface area contributed by atoms with Gasteiger partial charge in [-0.25, -0.2) is 4.39 Å². The van der Waals surface area contributed by atoms with Crippen molar-refractivity contribution < 1.29 is 24.1 Å². The van der Waals surface area contributed by atoms with E-state index in [1.54, 1.807) is 6.92 Å². The van der Waals surface area contributed by atoms with Gasteiger partial charge in [-0.1, -0.05) is 13.0 Å². The average Bonchev–Trinajstić information content (AvgIpc) is 2.27. The van der Waals surface area contributed by atoms with Gasteiger partial charge in [0.25, 0.3) is 0 Å². The summed E-state index contributed by atoms with van der Waals surface area (Å²) < 4.78 is 18.2. The van der Waals surface area contributed by atoms with E-state index in [4.69, 9.17) is 9.84 Å². The normalized spacial score (nSPS) is 14.1. The summed E-state index contributed by atoms with van der Waals surface area (Å²) in [7, 11) is 1.33. The molecule has 0 aliphatic carbocycles. The molecule has 17 heavy (non-hydrogen) atoms. The molecular formula is C12H15FO4. The number of methoxy groups -OCH3 is 1. The van der Waals surface area contributed by atoms with Gasteiger partial charge in [0.05, 0.1) is 19.1 Å². The third-order valence-electron chi connectivity index (χ3n) is 2.72. The van der Waals surface area contributed by atoms with Crippen LogP contribution in [0.2, 0.25) is 0 Å². The van der Waals surface area contributed by atoms with Gasteiger partial charge in [0.15, 0.2) is 11.6 Å². The van der Waals surface area contributed by atoms with Crippen LogP contribution in [0.5, 0.6) is 5.75 Å². The van der Waals surface area contributed by atoms with Crippen LogP contribution in [0.3, 0.4) is 0 Å². The van der Waals surface area contributed by atoms with E-state index in [1.807, 2.05) is 0 Å². The van der Waals surface area contributed by atoms with Gasteiger partial charge in [-0.3, -0.25) is 4.79 Å². The second-order valence-corrected chi connectivity index (χ2v) is 3.80. The number of halogens is 1. The lowest BCUT2D eigenvalue weighted by Crippen LogP contribution is -2.28. The molecule has 0 bridgehead atoms. The minimum atomic E-state index is -1.56. The fourth-order valence-corrected chi connectivity index (χ4v) is 1.64. The number of rotatable bonds is 5. The molecule has 0 aliphatic rings. The summed E-state index contributed by atoms with van der Waals surface area (Å²) in [6.07, 6.45) is -0.277. The molecule has 1 rings (SSSR count). The quantitative estimate of drug-likeness (QED) is 0.827. The first kappa shape index (κ1) is 13.4. The molecule has 1 atom stereocenters. The van der Waals surface area contributed by atoms with Gasteiger partial charge >= 0.3 is 5.97 Å². The second kappa shape index (κ2) is 5.14. The van der Waals surface area contributed by atoms with E-state index in [0.29, 0.717) is 0 Å². The van der Waals surface area contributed by atoms with Crippen molar-refractivity contribution in [3.8, 4) is 5.75 Å². The zero-order valence-electron chi connectivity index (χ0n) is 9.74. The van der Waals surface area contributed by atoms with E-state index >= 15 is 0 Å². The molecule has 0 saturated heterocycles. The molecule has 0 aromatic heterocycles. The topological polar surface area (TPSA) is 66.8 Å². The fraction of sp³-hybridized carbons (Fsp3) is 0.417. The van der Waals surface area contributed by atoms with E-state index in [1.165, 1.54) is 19.2 Å². The number of aliphatic hydroxyl groups is 1. The van der Waals surface area contributed by atoms with Crippen molar-refractivity contribution in [1.82, 2.24) is 0 Å². The van der Waals surface area contributed by atoms with Crippen LogP contribution in [-0.4, -0.2) is 23.3 Å². The van der Waals surface area contributed by atoms with Crippen LogP contribution in [0.15, 0.2) is 18.2 Å². The van der Waals surface area contributed by atoms with Crippen molar-refractivity contribution in [1.29, 1.82) is 0 Å². The molecule has 0 amide bonds. The molecule has 0 spiro atoms. The molecule has 0 saturated carbocycles. The van der Waals surface area contributed by atoms with Gasteiger partial charge in [-0.15, -0.1) is 0 Å². The molecule has 4 nitrogen and oxygen atoms in total. The molecular weight excluding hydrogens is 227 g/mol. The molecule has 2 N–H and O–H groups in total. The van der Waals surface area contributed by atoms with Crippen LogP contribution in [0.25, 0.3) is 0 Å². The smallest absolute Gasteiger partial charge is 0.306 e. The van der Waals surface area contributed by atoms with Gasteiger partial charge in [-0.05, 0) is 24.1 Å². The number of aliphatic carboxylic acids is 1. The molecule has 0 aliphatic heterocycles. The standard InChI is InChI=1S/C12H15FO4/c1-3-12(16,7-11(14)15)8-4-5-10(17-2)9(13)6-8/h4-6,16H,3,7H2,1-2H3,(H,14,15). The number of hydrogen-bond acceptors (Lipinski definition) is 3. The van der Waals surface area contributed by atoms with E-state index in [9.17, 15) is 14.3 Å². The molecule has 1 aromatic rings. The lowest BCUT2D eigenvalue weighted by molar-refractivity contribution is -0.143. The Bertz CT molecular complexity index is 419. The molecule has 0 heterocycles. The predicted octanol–water partition coefficient (Wildman–Crippen LogP) is 1.91. The molecule has 1 unspecified atom stereocenters. The van der Waals surface area contributed by atoms with Crippen LogP contribution >= 0.6 is 0 Å². The van der Waals surface area contributed by atoms with Crippen LogP contribution in [0.1, 0.15) is 25.3 Å². The molecule has 0 fully saturated rings. The Hall–Kier alpha value is -1.62. The number of carboxylic acid groups (broad SMARTS) is 1. The number of carbonyl (C=O) groups is 1. The Morgan fingerprint density at radius 1 is 1.53 bits per heavy atom. The molecule has 5 heteroatoms. The highest BCUT2D eigenvalue weighted by Crippen LogP contribution is 2.31. The first-order chi connectivity index (χ1) is 7.92.